The van der Waals surface area contributed by atoms with E-state index in [1.807, 2.05) is 31.3 Å². The maximum absolute atomic E-state index is 11.3. The van der Waals surface area contributed by atoms with Gasteiger partial charge in [-0.25, -0.2) is 15.0 Å². The van der Waals surface area contributed by atoms with Crippen LogP contribution in [0.4, 0.5) is 17.3 Å². The number of nitrogens with zero attached hydrogens (tertiary/aromatic N) is 5. The van der Waals surface area contributed by atoms with Crippen LogP contribution in [0.3, 0.4) is 0 Å². The number of hydrogen-bond donors (Lipinski definition) is 2. The van der Waals surface area contributed by atoms with E-state index in [1.54, 1.807) is 13.1 Å². The van der Waals surface area contributed by atoms with Crippen LogP contribution in [-0.4, -0.2) is 44.6 Å². The largest absolute Gasteiger partial charge is 0.369 e. The Labute approximate surface area is 182 Å². The number of anilines is 3. The maximum Gasteiger partial charge on any atom is 0.227 e. The Hall–Kier alpha value is -3.42. The van der Waals surface area contributed by atoms with Crippen LogP contribution in [-0.2, 0) is 4.79 Å². The molecule has 1 aromatic carbocycles. The molecule has 1 saturated heterocycles. The van der Waals surface area contributed by atoms with Crippen molar-refractivity contribution in [1.82, 2.24) is 24.8 Å². The topological polar surface area (TPSA) is 88.0 Å². The monoisotopic (exact) mass is 419 g/mol. The number of nitrogens with one attached hydrogen (secondary N) is 2. The zero-order valence-electron chi connectivity index (χ0n) is 18.5. The molecule has 0 unspecified atom stereocenters. The molecule has 8 heteroatoms. The highest BCUT2D eigenvalue weighted by molar-refractivity contribution is 5.73. The van der Waals surface area contributed by atoms with Gasteiger partial charge in [-0.1, -0.05) is 0 Å². The zero-order chi connectivity index (χ0) is 22.0. The number of amides is 1. The molecule has 1 amide bonds. The molecule has 162 valence electrons. The third kappa shape index (κ3) is 4.68. The SMILES string of the molecule is CC(=O)N[C@@H]1CCN(c2ccc(Nc3nccc(-c4cnc(C)n4C(C)C)n3)cc2)C1. The molecule has 1 atom stereocenters. The van der Waals surface area contributed by atoms with Crippen LogP contribution in [0.25, 0.3) is 11.4 Å². The van der Waals surface area contributed by atoms with Gasteiger partial charge in [0.1, 0.15) is 5.82 Å². The van der Waals surface area contributed by atoms with E-state index >= 15 is 0 Å². The summed E-state index contributed by atoms with van der Waals surface area (Å²) in [6.45, 7) is 9.62. The summed E-state index contributed by atoms with van der Waals surface area (Å²) >= 11 is 0. The predicted octanol–water partition coefficient (Wildman–Crippen LogP) is 3.69. The first-order valence-electron chi connectivity index (χ1n) is 10.7. The second-order valence-corrected chi connectivity index (χ2v) is 8.22. The fourth-order valence-corrected chi connectivity index (χ4v) is 4.14. The molecule has 2 N–H and O–H groups in total. The van der Waals surface area contributed by atoms with Gasteiger partial charge >= 0.3 is 0 Å². The number of carbonyl (C=O) groups excluding carboxylic acids is 1. The molecule has 1 aliphatic heterocycles. The summed E-state index contributed by atoms with van der Waals surface area (Å²) in [5.74, 6) is 1.54. The lowest BCUT2D eigenvalue weighted by atomic mass is 10.2. The summed E-state index contributed by atoms with van der Waals surface area (Å²) in [6, 6.07) is 10.6. The number of imidazole rings is 1. The fraction of sp³-hybridized carbons (Fsp3) is 0.391. The van der Waals surface area contributed by atoms with Crippen molar-refractivity contribution in [3.05, 3.63) is 48.5 Å². The Balaban J connectivity index is 1.46. The Kier molecular flexibility index (Phi) is 5.88. The molecule has 0 bridgehead atoms. The van der Waals surface area contributed by atoms with Crippen molar-refractivity contribution in [2.45, 2.75) is 46.2 Å². The molecule has 1 aliphatic rings. The second-order valence-electron chi connectivity index (χ2n) is 8.22. The molecular formula is C23H29N7O. The molecule has 4 rings (SSSR count). The standard InChI is InChI=1S/C23H29N7O/c1-15(2)30-16(3)25-13-22(30)21-9-11-24-23(28-21)27-18-5-7-20(8-6-18)29-12-10-19(14-29)26-17(4)31/h5-9,11,13,15,19H,10,12,14H2,1-4H3,(H,26,31)(H,24,27,28)/t19-/m1/s1. The van der Waals surface area contributed by atoms with Crippen LogP contribution < -0.4 is 15.5 Å². The summed E-state index contributed by atoms with van der Waals surface area (Å²) in [6.07, 6.45) is 4.59. The van der Waals surface area contributed by atoms with Crippen molar-refractivity contribution in [1.29, 1.82) is 0 Å². The van der Waals surface area contributed by atoms with Crippen molar-refractivity contribution in [2.24, 2.45) is 0 Å². The van der Waals surface area contributed by atoms with Gasteiger partial charge in [-0.2, -0.15) is 0 Å². The summed E-state index contributed by atoms with van der Waals surface area (Å²) in [5.41, 5.74) is 3.89. The van der Waals surface area contributed by atoms with E-state index in [4.69, 9.17) is 4.98 Å². The average Bonchev–Trinajstić information content (AvgIpc) is 3.35. The third-order valence-corrected chi connectivity index (χ3v) is 5.50. The maximum atomic E-state index is 11.3. The van der Waals surface area contributed by atoms with E-state index in [2.05, 4.69) is 56.0 Å². The van der Waals surface area contributed by atoms with Gasteiger partial charge in [0.25, 0.3) is 0 Å². The number of benzene rings is 1. The molecular weight excluding hydrogens is 390 g/mol. The molecule has 0 aliphatic carbocycles. The quantitative estimate of drug-likeness (QED) is 0.634. The van der Waals surface area contributed by atoms with Crippen LogP contribution in [0.1, 0.15) is 39.1 Å². The first kappa shape index (κ1) is 20.8. The minimum absolute atomic E-state index is 0.0280. The van der Waals surface area contributed by atoms with Crippen LogP contribution in [0.15, 0.2) is 42.7 Å². The van der Waals surface area contributed by atoms with Crippen LogP contribution in [0.2, 0.25) is 0 Å². The van der Waals surface area contributed by atoms with Gasteiger partial charge in [-0.15, -0.1) is 0 Å². The molecule has 0 radical (unpaired) electrons. The molecule has 31 heavy (non-hydrogen) atoms. The summed E-state index contributed by atoms with van der Waals surface area (Å²) in [4.78, 5) is 27.1. The van der Waals surface area contributed by atoms with Gasteiger partial charge in [0, 0.05) is 49.7 Å². The van der Waals surface area contributed by atoms with Crippen molar-refractivity contribution in [3.63, 3.8) is 0 Å². The Bertz CT molecular complexity index is 1060. The van der Waals surface area contributed by atoms with Gasteiger partial charge in [0.2, 0.25) is 11.9 Å². The highest BCUT2D eigenvalue weighted by Crippen LogP contribution is 2.26. The molecule has 2 aromatic heterocycles. The van der Waals surface area contributed by atoms with Gasteiger partial charge in [0.05, 0.1) is 17.6 Å². The number of aryl methyl sites for hydroxylation is 1. The van der Waals surface area contributed by atoms with Crippen molar-refractivity contribution >= 4 is 23.2 Å². The van der Waals surface area contributed by atoms with E-state index in [0.717, 1.165) is 48.1 Å². The lowest BCUT2D eigenvalue weighted by Gasteiger charge is -2.19. The van der Waals surface area contributed by atoms with Gasteiger partial charge in [-0.3, -0.25) is 4.79 Å². The zero-order valence-corrected chi connectivity index (χ0v) is 18.5. The predicted molar refractivity (Wildman–Crippen MR) is 123 cm³/mol. The van der Waals surface area contributed by atoms with Crippen molar-refractivity contribution < 1.29 is 4.79 Å². The number of rotatable bonds is 6. The van der Waals surface area contributed by atoms with Crippen molar-refractivity contribution in [2.75, 3.05) is 23.3 Å². The number of carbonyl (C=O) groups is 1. The minimum Gasteiger partial charge on any atom is -0.369 e. The van der Waals surface area contributed by atoms with Crippen molar-refractivity contribution in [3.8, 4) is 11.4 Å². The summed E-state index contributed by atoms with van der Waals surface area (Å²) in [7, 11) is 0. The highest BCUT2D eigenvalue weighted by atomic mass is 16.1. The average molecular weight is 420 g/mol. The van der Waals surface area contributed by atoms with Gasteiger partial charge < -0.3 is 20.1 Å². The smallest absolute Gasteiger partial charge is 0.227 e. The highest BCUT2D eigenvalue weighted by Gasteiger charge is 2.23. The fourth-order valence-electron chi connectivity index (χ4n) is 4.14. The first-order chi connectivity index (χ1) is 14.9. The Morgan fingerprint density at radius 1 is 1.16 bits per heavy atom. The normalized spacial score (nSPS) is 16.0. The Morgan fingerprint density at radius 2 is 1.94 bits per heavy atom. The summed E-state index contributed by atoms with van der Waals surface area (Å²) in [5, 5.41) is 6.30. The van der Waals surface area contributed by atoms with Crippen LogP contribution in [0, 0.1) is 6.92 Å². The number of aromatic nitrogens is 4. The van der Waals surface area contributed by atoms with E-state index in [1.165, 1.54) is 0 Å². The molecule has 1 fully saturated rings. The molecule has 0 spiro atoms. The second kappa shape index (κ2) is 8.75. The van der Waals surface area contributed by atoms with E-state index < -0.39 is 0 Å². The lowest BCUT2D eigenvalue weighted by Crippen LogP contribution is -2.35. The number of hydrogen-bond acceptors (Lipinski definition) is 6. The third-order valence-electron chi connectivity index (χ3n) is 5.50. The van der Waals surface area contributed by atoms with Crippen LogP contribution >= 0.6 is 0 Å². The first-order valence-corrected chi connectivity index (χ1v) is 10.7. The van der Waals surface area contributed by atoms with E-state index in [0.29, 0.717) is 12.0 Å². The van der Waals surface area contributed by atoms with Crippen LogP contribution in [0.5, 0.6) is 0 Å². The molecule has 8 nitrogen and oxygen atoms in total. The minimum atomic E-state index is 0.0280. The van der Waals surface area contributed by atoms with E-state index in [9.17, 15) is 4.79 Å². The molecule has 3 aromatic rings. The summed E-state index contributed by atoms with van der Waals surface area (Å²) < 4.78 is 2.17. The lowest BCUT2D eigenvalue weighted by molar-refractivity contribution is -0.119. The van der Waals surface area contributed by atoms with Gasteiger partial charge in [0.15, 0.2) is 0 Å². The molecule has 0 saturated carbocycles. The Morgan fingerprint density at radius 3 is 2.65 bits per heavy atom. The molecule has 3 heterocycles. The van der Waals surface area contributed by atoms with Gasteiger partial charge in [-0.05, 0) is 57.5 Å². The van der Waals surface area contributed by atoms with E-state index in [-0.39, 0.29) is 11.9 Å².